The van der Waals surface area contributed by atoms with Crippen LogP contribution in [-0.2, 0) is 0 Å². The minimum absolute atomic E-state index is 0.287. The third kappa shape index (κ3) is 4.26. The highest BCUT2D eigenvalue weighted by Crippen LogP contribution is 2.31. The van der Waals surface area contributed by atoms with Gasteiger partial charge in [0.25, 0.3) is 11.8 Å². The molecule has 2 aromatic carbocycles. The summed E-state index contributed by atoms with van der Waals surface area (Å²) in [6.07, 6.45) is 1.47. The van der Waals surface area contributed by atoms with Crippen molar-refractivity contribution < 1.29 is 14.3 Å². The Kier molecular flexibility index (Phi) is 6.04. The molecule has 0 aliphatic heterocycles. The first kappa shape index (κ1) is 21.3. The van der Waals surface area contributed by atoms with Gasteiger partial charge in [0, 0.05) is 34.4 Å². The molecule has 0 fully saturated rings. The van der Waals surface area contributed by atoms with E-state index >= 15 is 0 Å². The molecule has 8 heteroatoms. The van der Waals surface area contributed by atoms with Crippen LogP contribution in [0.3, 0.4) is 0 Å². The zero-order valence-corrected chi connectivity index (χ0v) is 18.7. The average molecular weight is 447 g/mol. The van der Waals surface area contributed by atoms with Crippen molar-refractivity contribution in [3.05, 3.63) is 76.8 Å². The van der Waals surface area contributed by atoms with Crippen molar-refractivity contribution in [3.8, 4) is 5.75 Å². The molecule has 0 atom stereocenters. The van der Waals surface area contributed by atoms with Gasteiger partial charge in [-0.1, -0.05) is 18.2 Å². The van der Waals surface area contributed by atoms with Crippen LogP contribution in [0.4, 0.5) is 17.2 Å². The Hall–Kier alpha value is -3.91. The molecule has 0 spiro atoms. The molecule has 7 nitrogen and oxygen atoms in total. The van der Waals surface area contributed by atoms with Gasteiger partial charge in [-0.15, -0.1) is 11.3 Å². The number of fused-ring (bicyclic) bond motifs is 1. The maximum Gasteiger partial charge on any atom is 0.257 e. The molecule has 0 bridgehead atoms. The van der Waals surface area contributed by atoms with Crippen molar-refractivity contribution in [1.82, 2.24) is 10.3 Å². The monoisotopic (exact) mass is 446 g/mol. The first-order valence-electron chi connectivity index (χ1n) is 9.91. The van der Waals surface area contributed by atoms with Gasteiger partial charge in [0.1, 0.15) is 5.75 Å². The van der Waals surface area contributed by atoms with E-state index in [0.717, 1.165) is 27.1 Å². The summed E-state index contributed by atoms with van der Waals surface area (Å²) in [6, 6.07) is 15.0. The van der Waals surface area contributed by atoms with Crippen LogP contribution >= 0.6 is 11.3 Å². The minimum Gasteiger partial charge on any atom is -0.497 e. The Balaban J connectivity index is 1.70. The summed E-state index contributed by atoms with van der Waals surface area (Å²) < 4.78 is 6.22. The minimum atomic E-state index is -0.288. The van der Waals surface area contributed by atoms with Crippen molar-refractivity contribution >= 4 is 50.4 Å². The lowest BCUT2D eigenvalue weighted by molar-refractivity contribution is 0.0961. The molecule has 3 N–H and O–H groups in total. The molecule has 0 saturated carbocycles. The van der Waals surface area contributed by atoms with E-state index in [-0.39, 0.29) is 11.8 Å². The summed E-state index contributed by atoms with van der Waals surface area (Å²) in [7, 11) is 3.16. The molecule has 4 rings (SSSR count). The Labute approximate surface area is 189 Å². The van der Waals surface area contributed by atoms with E-state index in [1.54, 1.807) is 20.2 Å². The summed E-state index contributed by atoms with van der Waals surface area (Å²) in [6.45, 7) is 1.98. The molecule has 4 aromatic rings. The van der Waals surface area contributed by atoms with Gasteiger partial charge in [0.2, 0.25) is 0 Å². The lowest BCUT2D eigenvalue weighted by Gasteiger charge is -2.15. The number of carbonyl (C=O) groups excluding carboxylic acids is 2. The van der Waals surface area contributed by atoms with Gasteiger partial charge in [-0.3, -0.25) is 9.59 Å². The van der Waals surface area contributed by atoms with E-state index in [4.69, 9.17) is 4.74 Å². The molecule has 32 heavy (non-hydrogen) atoms. The average Bonchev–Trinajstić information content (AvgIpc) is 3.24. The van der Waals surface area contributed by atoms with Gasteiger partial charge >= 0.3 is 0 Å². The molecular weight excluding hydrogens is 424 g/mol. The lowest BCUT2D eigenvalue weighted by Crippen LogP contribution is -2.19. The van der Waals surface area contributed by atoms with Gasteiger partial charge < -0.3 is 20.7 Å². The number of carbonyl (C=O) groups is 2. The number of thiophene rings is 1. The normalized spacial score (nSPS) is 10.6. The molecule has 0 unspecified atom stereocenters. The van der Waals surface area contributed by atoms with E-state index in [9.17, 15) is 9.59 Å². The molecule has 0 aliphatic rings. The van der Waals surface area contributed by atoms with E-state index in [1.807, 2.05) is 54.8 Å². The summed E-state index contributed by atoms with van der Waals surface area (Å²) in [5.41, 5.74) is 3.18. The zero-order valence-electron chi connectivity index (χ0n) is 17.9. The number of benzene rings is 2. The number of nitrogens with zero attached hydrogens (tertiary/aromatic N) is 1. The highest BCUT2D eigenvalue weighted by atomic mass is 32.1. The number of anilines is 3. The van der Waals surface area contributed by atoms with Crippen LogP contribution < -0.4 is 20.7 Å². The van der Waals surface area contributed by atoms with E-state index in [1.165, 1.54) is 17.5 Å². The topological polar surface area (TPSA) is 92.4 Å². The van der Waals surface area contributed by atoms with Crippen molar-refractivity contribution in [2.24, 2.45) is 0 Å². The van der Waals surface area contributed by atoms with Crippen LogP contribution in [0.1, 0.15) is 26.3 Å². The molecule has 0 radical (unpaired) electrons. The molecule has 0 saturated heterocycles. The Morgan fingerprint density at radius 1 is 1.03 bits per heavy atom. The molecule has 2 aromatic heterocycles. The van der Waals surface area contributed by atoms with Crippen LogP contribution in [0.2, 0.25) is 0 Å². The van der Waals surface area contributed by atoms with Gasteiger partial charge in [-0.25, -0.2) is 4.98 Å². The number of nitrogens with one attached hydrogen (secondary N) is 3. The summed E-state index contributed by atoms with van der Waals surface area (Å²) in [5, 5.41) is 11.4. The highest BCUT2D eigenvalue weighted by molar-refractivity contribution is 7.17. The van der Waals surface area contributed by atoms with Gasteiger partial charge in [0.05, 0.1) is 23.9 Å². The third-order valence-electron chi connectivity index (χ3n) is 5.05. The van der Waals surface area contributed by atoms with Crippen LogP contribution in [0, 0.1) is 6.92 Å². The highest BCUT2D eigenvalue weighted by Gasteiger charge is 2.17. The summed E-state index contributed by atoms with van der Waals surface area (Å²) in [5.74, 6) is 0.605. The maximum atomic E-state index is 13.2. The molecule has 2 heterocycles. The molecule has 162 valence electrons. The molecular formula is C24H22N4O3S. The van der Waals surface area contributed by atoms with Crippen LogP contribution in [0.5, 0.6) is 5.75 Å². The van der Waals surface area contributed by atoms with Crippen molar-refractivity contribution in [2.75, 3.05) is 24.8 Å². The number of rotatable bonds is 6. The molecule has 0 aliphatic carbocycles. The number of amides is 2. The van der Waals surface area contributed by atoms with Gasteiger partial charge in [0.15, 0.2) is 5.82 Å². The Bertz CT molecular complexity index is 1320. The van der Waals surface area contributed by atoms with Gasteiger partial charge in [-0.05, 0) is 42.8 Å². The SMILES string of the molecule is CNC(=O)c1cnc(Nc2ccccc2C)c(NC(=O)c2csc3cc(OC)ccc23)c1. The standard InChI is InChI=1S/C24H22N4O3S/c1-14-6-4-5-7-19(14)27-22-20(10-15(12-26-22)23(29)25-2)28-24(30)18-13-32-21-11-16(31-3)8-9-17(18)21/h4-13H,1-3H3,(H,25,29)(H,26,27)(H,28,30). The van der Waals surface area contributed by atoms with Crippen LogP contribution in [-0.4, -0.2) is 31.0 Å². The van der Waals surface area contributed by atoms with Crippen molar-refractivity contribution in [1.29, 1.82) is 0 Å². The number of hydrogen-bond acceptors (Lipinski definition) is 6. The molecule has 2 amide bonds. The van der Waals surface area contributed by atoms with Crippen LogP contribution in [0.15, 0.2) is 60.1 Å². The zero-order chi connectivity index (χ0) is 22.7. The first-order valence-corrected chi connectivity index (χ1v) is 10.8. The smallest absolute Gasteiger partial charge is 0.257 e. The number of ether oxygens (including phenoxy) is 1. The number of para-hydroxylation sites is 1. The largest absolute Gasteiger partial charge is 0.497 e. The predicted molar refractivity (Wildman–Crippen MR) is 128 cm³/mol. The number of methoxy groups -OCH3 is 1. The quantitative estimate of drug-likeness (QED) is 0.389. The fourth-order valence-electron chi connectivity index (χ4n) is 3.27. The van der Waals surface area contributed by atoms with Crippen molar-refractivity contribution in [3.63, 3.8) is 0 Å². The summed E-state index contributed by atoms with van der Waals surface area (Å²) in [4.78, 5) is 29.7. The van der Waals surface area contributed by atoms with Crippen molar-refractivity contribution in [2.45, 2.75) is 6.92 Å². The lowest BCUT2D eigenvalue weighted by atomic mass is 10.1. The van der Waals surface area contributed by atoms with E-state index < -0.39 is 0 Å². The second-order valence-corrected chi connectivity index (χ2v) is 8.02. The first-order chi connectivity index (χ1) is 15.5. The van der Waals surface area contributed by atoms with Gasteiger partial charge in [-0.2, -0.15) is 0 Å². The number of aromatic nitrogens is 1. The maximum absolute atomic E-state index is 13.2. The Morgan fingerprint density at radius 2 is 1.84 bits per heavy atom. The fourth-order valence-corrected chi connectivity index (χ4v) is 4.24. The second-order valence-electron chi connectivity index (χ2n) is 7.10. The fraction of sp³-hybridized carbons (Fsp3) is 0.125. The second kappa shape index (κ2) is 9.07. The van der Waals surface area contributed by atoms with E-state index in [0.29, 0.717) is 22.6 Å². The summed E-state index contributed by atoms with van der Waals surface area (Å²) >= 11 is 1.47. The Morgan fingerprint density at radius 3 is 2.59 bits per heavy atom. The number of aryl methyl sites for hydroxylation is 1. The number of hydrogen-bond donors (Lipinski definition) is 3. The third-order valence-corrected chi connectivity index (χ3v) is 6.00. The predicted octanol–water partition coefficient (Wildman–Crippen LogP) is 4.97. The number of pyridine rings is 1. The van der Waals surface area contributed by atoms with E-state index in [2.05, 4.69) is 20.9 Å². The van der Waals surface area contributed by atoms with Crippen LogP contribution in [0.25, 0.3) is 10.1 Å².